The molecule has 1 saturated heterocycles. The van der Waals surface area contributed by atoms with Crippen LogP contribution in [0.25, 0.3) is 0 Å². The molecule has 0 bridgehead atoms. The standard InChI is InChI=1S/C9H16N2O2/c1-2-3-5-11-6-4-9(10,7-11)8(12)13/h2-3H,4-7,10H2,1H3,(H,12,13)/b3-2+. The third-order valence-electron chi connectivity index (χ3n) is 2.41. The summed E-state index contributed by atoms with van der Waals surface area (Å²) in [4.78, 5) is 12.8. The van der Waals surface area contributed by atoms with E-state index in [9.17, 15) is 4.79 Å². The van der Waals surface area contributed by atoms with Crippen molar-refractivity contribution in [2.45, 2.75) is 18.9 Å². The van der Waals surface area contributed by atoms with E-state index < -0.39 is 11.5 Å². The Labute approximate surface area is 78.0 Å². The number of nitrogens with two attached hydrogens (primary N) is 1. The third kappa shape index (κ3) is 2.29. The average molecular weight is 184 g/mol. The molecule has 0 aromatic heterocycles. The maximum atomic E-state index is 10.8. The summed E-state index contributed by atoms with van der Waals surface area (Å²) in [6.45, 7) is 3.96. The van der Waals surface area contributed by atoms with Crippen LogP contribution in [0.5, 0.6) is 0 Å². The van der Waals surface area contributed by atoms with E-state index in [1.54, 1.807) is 0 Å². The summed E-state index contributed by atoms with van der Waals surface area (Å²) in [5.74, 6) is -0.893. The number of likely N-dealkylation sites (tertiary alicyclic amines) is 1. The van der Waals surface area contributed by atoms with E-state index in [2.05, 4.69) is 0 Å². The van der Waals surface area contributed by atoms with Crippen molar-refractivity contribution in [2.75, 3.05) is 19.6 Å². The number of carboxylic acids is 1. The van der Waals surface area contributed by atoms with Gasteiger partial charge in [-0.15, -0.1) is 0 Å². The quantitative estimate of drug-likeness (QED) is 0.608. The summed E-state index contributed by atoms with van der Waals surface area (Å²) >= 11 is 0. The van der Waals surface area contributed by atoms with Gasteiger partial charge in [-0.25, -0.2) is 0 Å². The summed E-state index contributed by atoms with van der Waals surface area (Å²) < 4.78 is 0. The van der Waals surface area contributed by atoms with Crippen molar-refractivity contribution < 1.29 is 9.90 Å². The minimum absolute atomic E-state index is 0.451. The molecule has 1 atom stereocenters. The first-order chi connectivity index (χ1) is 6.08. The summed E-state index contributed by atoms with van der Waals surface area (Å²) in [6, 6.07) is 0. The number of nitrogens with zero attached hydrogens (tertiary/aromatic N) is 1. The van der Waals surface area contributed by atoms with Crippen molar-refractivity contribution >= 4 is 5.97 Å². The van der Waals surface area contributed by atoms with Crippen molar-refractivity contribution in [1.82, 2.24) is 4.90 Å². The van der Waals surface area contributed by atoms with Crippen LogP contribution in [0.4, 0.5) is 0 Å². The van der Waals surface area contributed by atoms with Crippen LogP contribution in [0.2, 0.25) is 0 Å². The third-order valence-corrected chi connectivity index (χ3v) is 2.41. The first kappa shape index (κ1) is 10.2. The van der Waals surface area contributed by atoms with Crippen molar-refractivity contribution in [3.05, 3.63) is 12.2 Å². The van der Waals surface area contributed by atoms with Crippen LogP contribution in [-0.2, 0) is 4.79 Å². The van der Waals surface area contributed by atoms with Gasteiger partial charge in [-0.3, -0.25) is 9.69 Å². The molecule has 1 aliphatic rings. The molecule has 4 heteroatoms. The normalized spacial score (nSPS) is 30.0. The number of hydrogen-bond acceptors (Lipinski definition) is 3. The number of carboxylic acid groups (broad SMARTS) is 1. The molecule has 1 aliphatic heterocycles. The first-order valence-electron chi connectivity index (χ1n) is 4.44. The zero-order chi connectivity index (χ0) is 9.90. The molecule has 0 amide bonds. The molecule has 0 aromatic carbocycles. The van der Waals surface area contributed by atoms with Crippen LogP contribution >= 0.6 is 0 Å². The lowest BCUT2D eigenvalue weighted by molar-refractivity contribution is -0.142. The largest absolute Gasteiger partial charge is 0.480 e. The fourth-order valence-corrected chi connectivity index (χ4v) is 1.50. The number of aliphatic carboxylic acids is 1. The Kier molecular flexibility index (Phi) is 3.06. The highest BCUT2D eigenvalue weighted by molar-refractivity contribution is 5.79. The van der Waals surface area contributed by atoms with E-state index >= 15 is 0 Å². The fourth-order valence-electron chi connectivity index (χ4n) is 1.50. The molecule has 0 aromatic rings. The molecule has 1 fully saturated rings. The van der Waals surface area contributed by atoms with Gasteiger partial charge in [0.1, 0.15) is 5.54 Å². The SMILES string of the molecule is C/C=C/CN1CCC(N)(C(=O)O)C1. The summed E-state index contributed by atoms with van der Waals surface area (Å²) in [5.41, 5.74) is 4.67. The lowest BCUT2D eigenvalue weighted by Crippen LogP contribution is -2.50. The average Bonchev–Trinajstić information content (AvgIpc) is 2.45. The van der Waals surface area contributed by atoms with Crippen molar-refractivity contribution in [2.24, 2.45) is 5.73 Å². The molecular weight excluding hydrogens is 168 g/mol. The monoisotopic (exact) mass is 184 g/mol. The molecule has 0 radical (unpaired) electrons. The molecule has 74 valence electrons. The van der Waals surface area contributed by atoms with E-state index in [4.69, 9.17) is 10.8 Å². The van der Waals surface area contributed by atoms with Gasteiger partial charge < -0.3 is 10.8 Å². The summed E-state index contributed by atoms with van der Waals surface area (Å²) in [5, 5.41) is 8.85. The van der Waals surface area contributed by atoms with E-state index in [1.807, 2.05) is 24.0 Å². The molecule has 1 unspecified atom stereocenters. The summed E-state index contributed by atoms with van der Waals surface area (Å²) in [7, 11) is 0. The Hall–Kier alpha value is -0.870. The summed E-state index contributed by atoms with van der Waals surface area (Å²) in [6.07, 6.45) is 4.50. The van der Waals surface area contributed by atoms with Crippen LogP contribution in [0.1, 0.15) is 13.3 Å². The predicted molar refractivity (Wildman–Crippen MR) is 50.4 cm³/mol. The van der Waals surface area contributed by atoms with Gasteiger partial charge in [-0.2, -0.15) is 0 Å². The number of rotatable bonds is 3. The van der Waals surface area contributed by atoms with Crippen LogP contribution in [0, 0.1) is 0 Å². The minimum Gasteiger partial charge on any atom is -0.480 e. The molecule has 3 N–H and O–H groups in total. The molecule has 13 heavy (non-hydrogen) atoms. The molecule has 0 aliphatic carbocycles. The van der Waals surface area contributed by atoms with E-state index in [0.29, 0.717) is 13.0 Å². The van der Waals surface area contributed by atoms with Gasteiger partial charge in [0.25, 0.3) is 0 Å². The second-order valence-electron chi connectivity index (χ2n) is 3.52. The van der Waals surface area contributed by atoms with Crippen molar-refractivity contribution in [3.63, 3.8) is 0 Å². The number of hydrogen-bond donors (Lipinski definition) is 2. The van der Waals surface area contributed by atoms with Gasteiger partial charge in [-0.05, 0) is 13.3 Å². The Morgan fingerprint density at radius 2 is 2.46 bits per heavy atom. The predicted octanol–water partition coefficient (Wildman–Crippen LogP) is 0.0503. The highest BCUT2D eigenvalue weighted by Gasteiger charge is 2.40. The molecule has 1 rings (SSSR count). The van der Waals surface area contributed by atoms with Crippen LogP contribution in [0.15, 0.2) is 12.2 Å². The van der Waals surface area contributed by atoms with Gasteiger partial charge in [0.2, 0.25) is 0 Å². The lowest BCUT2D eigenvalue weighted by atomic mass is 10.0. The Balaban J connectivity index is 2.48. The fraction of sp³-hybridized carbons (Fsp3) is 0.667. The van der Waals surface area contributed by atoms with Gasteiger partial charge in [0.15, 0.2) is 0 Å². The molecule has 4 nitrogen and oxygen atoms in total. The highest BCUT2D eigenvalue weighted by Crippen LogP contribution is 2.18. The highest BCUT2D eigenvalue weighted by atomic mass is 16.4. The lowest BCUT2D eigenvalue weighted by Gasteiger charge is -2.18. The second kappa shape index (κ2) is 3.89. The van der Waals surface area contributed by atoms with Crippen LogP contribution in [-0.4, -0.2) is 41.1 Å². The minimum atomic E-state index is -1.03. The van der Waals surface area contributed by atoms with Gasteiger partial charge in [-0.1, -0.05) is 12.2 Å². The van der Waals surface area contributed by atoms with Crippen molar-refractivity contribution in [3.8, 4) is 0 Å². The number of allylic oxidation sites excluding steroid dienone is 1. The second-order valence-corrected chi connectivity index (χ2v) is 3.52. The van der Waals surface area contributed by atoms with Crippen LogP contribution < -0.4 is 5.73 Å². The zero-order valence-corrected chi connectivity index (χ0v) is 7.86. The maximum Gasteiger partial charge on any atom is 0.325 e. The van der Waals surface area contributed by atoms with E-state index in [-0.39, 0.29) is 0 Å². The Morgan fingerprint density at radius 1 is 1.77 bits per heavy atom. The smallest absolute Gasteiger partial charge is 0.325 e. The van der Waals surface area contributed by atoms with Gasteiger partial charge >= 0.3 is 5.97 Å². The molecule has 1 heterocycles. The first-order valence-corrected chi connectivity index (χ1v) is 4.44. The van der Waals surface area contributed by atoms with Crippen molar-refractivity contribution in [1.29, 1.82) is 0 Å². The molecule has 0 spiro atoms. The van der Waals surface area contributed by atoms with Gasteiger partial charge in [0, 0.05) is 19.6 Å². The molecular formula is C9H16N2O2. The van der Waals surface area contributed by atoms with Crippen LogP contribution in [0.3, 0.4) is 0 Å². The number of carbonyl (C=O) groups is 1. The van der Waals surface area contributed by atoms with Gasteiger partial charge in [0.05, 0.1) is 0 Å². The van der Waals surface area contributed by atoms with E-state index in [0.717, 1.165) is 13.1 Å². The van der Waals surface area contributed by atoms with E-state index in [1.165, 1.54) is 0 Å². The Morgan fingerprint density at radius 3 is 2.92 bits per heavy atom. The zero-order valence-electron chi connectivity index (χ0n) is 7.86. The molecule has 0 saturated carbocycles. The Bertz CT molecular complexity index is 228. The topological polar surface area (TPSA) is 66.6 Å². The maximum absolute atomic E-state index is 10.8.